The molecule has 3 aromatic heterocycles. The van der Waals surface area contributed by atoms with Gasteiger partial charge in [0.25, 0.3) is 0 Å². The van der Waals surface area contributed by atoms with Gasteiger partial charge in [-0.15, -0.1) is 78.2 Å². The Labute approximate surface area is 311 Å². The van der Waals surface area contributed by atoms with Crippen molar-refractivity contribution < 1.29 is 32.7 Å². The molecule has 0 saturated heterocycles. The Balaban J connectivity index is 0.000000160. The van der Waals surface area contributed by atoms with E-state index in [-0.39, 0.29) is 37.4 Å². The van der Waals surface area contributed by atoms with E-state index in [2.05, 4.69) is 50.9 Å². The molecule has 0 amide bonds. The molecule has 0 fully saturated rings. The molecule has 8 rings (SSSR count). The maximum absolute atomic E-state index is 7.23. The molecule has 7 aromatic rings. The summed E-state index contributed by atoms with van der Waals surface area (Å²) in [6.45, 7) is -2.14. The first-order valence-corrected chi connectivity index (χ1v) is 15.4. The summed E-state index contributed by atoms with van der Waals surface area (Å²) in [5, 5.41) is 8.97. The number of benzene rings is 4. The summed E-state index contributed by atoms with van der Waals surface area (Å²) in [7, 11) is 0. The Morgan fingerprint density at radius 2 is 1.37 bits per heavy atom. The van der Waals surface area contributed by atoms with Gasteiger partial charge >= 0.3 is 0 Å². The van der Waals surface area contributed by atoms with Crippen LogP contribution in [-0.4, -0.2) is 9.97 Å². The molecule has 6 heteroatoms. The van der Waals surface area contributed by atoms with Gasteiger partial charge in [-0.2, -0.15) is 6.20 Å². The van der Waals surface area contributed by atoms with E-state index in [0.717, 1.165) is 51.2 Å². The molecule has 0 aliphatic carbocycles. The summed E-state index contributed by atoms with van der Waals surface area (Å²) < 4.78 is 49.4. The second-order valence-electron chi connectivity index (χ2n) is 10.7. The van der Waals surface area contributed by atoms with Gasteiger partial charge in [-0.1, -0.05) is 84.4 Å². The maximum Gasteiger partial charge on any atom is 0.134 e. The van der Waals surface area contributed by atoms with Gasteiger partial charge in [-0.25, -0.2) is 0 Å². The van der Waals surface area contributed by atoms with Crippen LogP contribution < -0.4 is 5.32 Å². The van der Waals surface area contributed by atoms with E-state index in [4.69, 9.17) is 12.6 Å². The number of pyridine rings is 2. The average molecular weight is 823 g/mol. The van der Waals surface area contributed by atoms with Crippen molar-refractivity contribution in [1.82, 2.24) is 15.3 Å². The van der Waals surface area contributed by atoms with Gasteiger partial charge in [-0.05, 0) is 48.5 Å². The van der Waals surface area contributed by atoms with Crippen molar-refractivity contribution >= 4 is 17.0 Å². The molecule has 1 atom stereocenters. The molecular formula is C43H36IrN4O-4. The third-order valence-electron chi connectivity index (χ3n) is 7.34. The molecule has 0 bridgehead atoms. The summed E-state index contributed by atoms with van der Waals surface area (Å²) in [5.74, 6) is 0.882. The normalized spacial score (nSPS) is 15.0. The molecule has 1 aliphatic heterocycles. The van der Waals surface area contributed by atoms with E-state index in [1.807, 2.05) is 91.6 Å². The van der Waals surface area contributed by atoms with Gasteiger partial charge in [0, 0.05) is 51.7 Å². The fourth-order valence-electron chi connectivity index (χ4n) is 4.96. The van der Waals surface area contributed by atoms with E-state index in [0.29, 0.717) is 0 Å². The molecular weight excluding hydrogens is 781 g/mol. The summed E-state index contributed by atoms with van der Waals surface area (Å²) in [4.78, 5) is 8.25. The first-order chi connectivity index (χ1) is 26.1. The summed E-state index contributed by atoms with van der Waals surface area (Å²) in [6, 6.07) is 46.0. The van der Waals surface area contributed by atoms with Crippen LogP contribution in [0.15, 0.2) is 150 Å². The van der Waals surface area contributed by atoms with E-state index in [1.54, 1.807) is 36.4 Å². The van der Waals surface area contributed by atoms with Gasteiger partial charge in [0.05, 0.1) is 0 Å². The number of aryl methyl sites for hydroxylation is 2. The van der Waals surface area contributed by atoms with Crippen molar-refractivity contribution in [3.05, 3.63) is 198 Å². The fraction of sp³-hybridized carbons (Fsp3) is 0.0930. The monoisotopic (exact) mass is 823 g/mol. The molecule has 1 N–H and O–H groups in total. The van der Waals surface area contributed by atoms with Gasteiger partial charge in [0.15, 0.2) is 0 Å². The molecule has 1 aliphatic rings. The molecule has 1 unspecified atom stereocenters. The molecule has 0 saturated carbocycles. The van der Waals surface area contributed by atoms with Crippen LogP contribution in [0.25, 0.3) is 44.9 Å². The zero-order chi connectivity index (χ0) is 38.0. The summed E-state index contributed by atoms with van der Waals surface area (Å²) in [5.41, 5.74) is 6.99. The Bertz CT molecular complexity index is 2150. The number of aromatic nitrogens is 2. The van der Waals surface area contributed by atoms with Crippen molar-refractivity contribution in [1.29, 1.82) is 0 Å². The Morgan fingerprint density at radius 3 is 1.94 bits per heavy atom. The number of furan rings is 1. The number of hydrogen-bond donors (Lipinski definition) is 1. The predicted octanol–water partition coefficient (Wildman–Crippen LogP) is 10.5. The van der Waals surface area contributed by atoms with Crippen LogP contribution in [-0.2, 0) is 26.5 Å². The third-order valence-corrected chi connectivity index (χ3v) is 7.34. The molecule has 1 radical (unpaired) electrons. The number of fused-ring (bicyclic) bond motifs is 3. The number of para-hydroxylation sites is 1. The fourth-order valence-corrected chi connectivity index (χ4v) is 4.96. The van der Waals surface area contributed by atoms with Crippen LogP contribution in [0.4, 0.5) is 0 Å². The molecule has 4 heterocycles. The van der Waals surface area contributed by atoms with Crippen molar-refractivity contribution in [2.75, 3.05) is 0 Å². The molecule has 4 aromatic carbocycles. The Morgan fingerprint density at radius 1 is 0.755 bits per heavy atom. The standard InChI is InChI=1S/C19H16N2O.2C12H10N.Ir/c1-2-6-14(7-3-1)10-12-20-19-18-16(11-13-21-19)15-8-4-5-9-17(15)22-18;2*1-10-7-8-12(13-9-10)11-5-3-2-4-6-11;/h1-9,11-13,19-20H,10H2;2*2-5,7-9H,1H3;/q-2;2*-1;/i;2*1D3;. The van der Waals surface area contributed by atoms with Crippen LogP contribution in [0.1, 0.15) is 42.4 Å². The van der Waals surface area contributed by atoms with E-state index in [1.165, 1.54) is 18.0 Å². The number of nitrogens with one attached hydrogen (secondary N) is 1. The zero-order valence-electron chi connectivity index (χ0n) is 32.4. The predicted molar refractivity (Wildman–Crippen MR) is 195 cm³/mol. The van der Waals surface area contributed by atoms with E-state index in [9.17, 15) is 0 Å². The van der Waals surface area contributed by atoms with Crippen molar-refractivity contribution in [3.63, 3.8) is 0 Å². The van der Waals surface area contributed by atoms with Gasteiger partial charge in [-0.3, -0.25) is 6.54 Å². The van der Waals surface area contributed by atoms with Crippen LogP contribution in [0, 0.1) is 32.4 Å². The smallest absolute Gasteiger partial charge is 0.134 e. The third kappa shape index (κ3) is 9.71. The minimum absolute atomic E-state index is 0. The zero-order valence-corrected chi connectivity index (χ0v) is 28.8. The van der Waals surface area contributed by atoms with Crippen LogP contribution in [0.5, 0.6) is 0 Å². The first-order valence-electron chi connectivity index (χ1n) is 18.4. The number of rotatable bonds is 6. The first kappa shape index (κ1) is 27.8. The van der Waals surface area contributed by atoms with Crippen LogP contribution in [0.2, 0.25) is 0 Å². The van der Waals surface area contributed by atoms with E-state index >= 15 is 0 Å². The largest absolute Gasteiger partial charge is 0.672 e. The van der Waals surface area contributed by atoms with E-state index < -0.39 is 13.7 Å². The van der Waals surface area contributed by atoms with Gasteiger partial charge in [0.1, 0.15) is 11.3 Å². The van der Waals surface area contributed by atoms with Crippen molar-refractivity contribution in [2.24, 2.45) is 0 Å². The minimum Gasteiger partial charge on any atom is -0.672 e. The van der Waals surface area contributed by atoms with Crippen molar-refractivity contribution in [2.45, 2.75) is 26.3 Å². The minimum atomic E-state index is -2.09. The molecule has 5 nitrogen and oxygen atoms in total. The number of nitrogens with zero attached hydrogens (tertiary/aromatic N) is 3. The average Bonchev–Trinajstić information content (AvgIpc) is 3.59. The quantitative estimate of drug-likeness (QED) is 0.170. The summed E-state index contributed by atoms with van der Waals surface area (Å²) in [6.07, 6.45) is 7.34. The Kier molecular flexibility index (Phi) is 10.1. The van der Waals surface area contributed by atoms with Crippen molar-refractivity contribution in [3.8, 4) is 22.5 Å². The van der Waals surface area contributed by atoms with Gasteiger partial charge < -0.3 is 25.0 Å². The second-order valence-corrected chi connectivity index (χ2v) is 10.7. The van der Waals surface area contributed by atoms with Crippen LogP contribution in [0.3, 0.4) is 0 Å². The summed E-state index contributed by atoms with van der Waals surface area (Å²) >= 11 is 0. The molecule has 49 heavy (non-hydrogen) atoms. The number of hydrogen-bond acceptors (Lipinski definition) is 4. The topological polar surface area (TPSA) is 65.1 Å². The Hall–Kier alpha value is -5.13. The maximum atomic E-state index is 7.23. The second kappa shape index (κ2) is 17.9. The van der Waals surface area contributed by atoms with Gasteiger partial charge in [0.2, 0.25) is 0 Å². The van der Waals surface area contributed by atoms with Crippen LogP contribution >= 0.6 is 0 Å². The molecule has 247 valence electrons. The SMILES string of the molecule is C1=Cc2c(oc3ccccc23)C(N[CH-]Cc2ccccc2)[N-]1.[2H]C([2H])([2H])c1ccc(-c2[c-]cccc2)nc1.[2H]C([2H])([2H])c1ccc(-c2[c-]cccc2)nc1.[Ir]. The molecule has 0 spiro atoms.